The molecule has 1 aliphatic heterocycles. The van der Waals surface area contributed by atoms with E-state index in [4.69, 9.17) is 5.73 Å². The first-order valence-electron chi connectivity index (χ1n) is 6.61. The van der Waals surface area contributed by atoms with Gasteiger partial charge in [0.1, 0.15) is 0 Å². The fourth-order valence-electron chi connectivity index (χ4n) is 3.14. The highest BCUT2D eigenvalue weighted by atomic mass is 15.2. The summed E-state index contributed by atoms with van der Waals surface area (Å²) < 4.78 is 0. The topological polar surface area (TPSA) is 29.3 Å². The lowest BCUT2D eigenvalue weighted by atomic mass is 9.76. The Balaban J connectivity index is 1.91. The van der Waals surface area contributed by atoms with E-state index in [-0.39, 0.29) is 0 Å². The van der Waals surface area contributed by atoms with Crippen LogP contribution in [0.4, 0.5) is 0 Å². The van der Waals surface area contributed by atoms with E-state index < -0.39 is 0 Å². The van der Waals surface area contributed by atoms with Crippen molar-refractivity contribution in [1.29, 1.82) is 0 Å². The van der Waals surface area contributed by atoms with Crippen LogP contribution in [0.1, 0.15) is 52.4 Å². The normalized spacial score (nSPS) is 40.6. The Kier molecular flexibility index (Phi) is 3.36. The molecule has 2 nitrogen and oxygen atoms in total. The monoisotopic (exact) mass is 210 g/mol. The number of hydrogen-bond acceptors (Lipinski definition) is 2. The molecule has 2 rings (SSSR count). The summed E-state index contributed by atoms with van der Waals surface area (Å²) in [5.74, 6) is 0.949. The van der Waals surface area contributed by atoms with E-state index in [9.17, 15) is 0 Å². The first-order chi connectivity index (χ1) is 7.10. The van der Waals surface area contributed by atoms with Crippen molar-refractivity contribution in [1.82, 2.24) is 4.90 Å². The second-order valence-corrected chi connectivity index (χ2v) is 6.00. The molecule has 15 heavy (non-hydrogen) atoms. The van der Waals surface area contributed by atoms with Crippen LogP contribution in [-0.2, 0) is 0 Å². The average Bonchev–Trinajstić information content (AvgIpc) is 2.24. The summed E-state index contributed by atoms with van der Waals surface area (Å²) in [6.07, 6.45) is 8.02. The molecule has 1 heterocycles. The molecule has 0 aromatic heterocycles. The van der Waals surface area contributed by atoms with Gasteiger partial charge in [-0.25, -0.2) is 0 Å². The Bertz CT molecular complexity index is 199. The van der Waals surface area contributed by atoms with Crippen LogP contribution in [0.15, 0.2) is 0 Å². The van der Waals surface area contributed by atoms with Crippen molar-refractivity contribution in [3.8, 4) is 0 Å². The Morgan fingerprint density at radius 2 is 1.60 bits per heavy atom. The number of hydrogen-bond donors (Lipinski definition) is 1. The number of likely N-dealkylation sites (tertiary alicyclic amines) is 1. The van der Waals surface area contributed by atoms with Gasteiger partial charge in [0.05, 0.1) is 0 Å². The lowest BCUT2D eigenvalue weighted by Gasteiger charge is -2.48. The van der Waals surface area contributed by atoms with Gasteiger partial charge in [0, 0.05) is 24.7 Å². The molecule has 2 aliphatic rings. The van der Waals surface area contributed by atoms with Crippen LogP contribution in [0.5, 0.6) is 0 Å². The SMILES string of the molecule is C[C@H]1CC[C@](C)(N2CCC(N)CC2)CC1. The van der Waals surface area contributed by atoms with Gasteiger partial charge < -0.3 is 5.73 Å². The van der Waals surface area contributed by atoms with E-state index >= 15 is 0 Å². The molecule has 2 N–H and O–H groups in total. The number of rotatable bonds is 1. The molecule has 0 bridgehead atoms. The number of piperidine rings is 1. The van der Waals surface area contributed by atoms with E-state index in [2.05, 4.69) is 18.7 Å². The molecule has 1 saturated heterocycles. The highest BCUT2D eigenvalue weighted by Crippen LogP contribution is 2.37. The molecule has 0 amide bonds. The predicted octanol–water partition coefficient (Wildman–Crippen LogP) is 2.38. The van der Waals surface area contributed by atoms with Gasteiger partial charge in [-0.3, -0.25) is 4.90 Å². The Morgan fingerprint density at radius 3 is 2.13 bits per heavy atom. The maximum atomic E-state index is 5.97. The van der Waals surface area contributed by atoms with Gasteiger partial charge in [-0.1, -0.05) is 6.92 Å². The standard InChI is InChI=1S/C13H26N2/c1-11-3-7-13(2,8-4-11)15-9-5-12(14)6-10-15/h11-12H,3-10,14H2,1-2H3/t11-,13-. The molecule has 0 aromatic rings. The van der Waals surface area contributed by atoms with Crippen LogP contribution in [0.25, 0.3) is 0 Å². The average molecular weight is 210 g/mol. The molecular weight excluding hydrogens is 184 g/mol. The van der Waals surface area contributed by atoms with E-state index in [1.165, 1.54) is 51.6 Å². The Labute approximate surface area is 94.2 Å². The van der Waals surface area contributed by atoms with Gasteiger partial charge in [0.2, 0.25) is 0 Å². The molecule has 2 heteroatoms. The van der Waals surface area contributed by atoms with Gasteiger partial charge in [-0.15, -0.1) is 0 Å². The molecular formula is C13H26N2. The van der Waals surface area contributed by atoms with Crippen molar-refractivity contribution in [2.45, 2.75) is 64.0 Å². The first-order valence-corrected chi connectivity index (χ1v) is 6.61. The minimum absolute atomic E-state index is 0.465. The van der Waals surface area contributed by atoms with E-state index in [1.54, 1.807) is 0 Å². The summed E-state index contributed by atoms with van der Waals surface area (Å²) in [4.78, 5) is 2.71. The molecule has 0 unspecified atom stereocenters. The lowest BCUT2D eigenvalue weighted by Crippen LogP contribution is -2.53. The van der Waals surface area contributed by atoms with Crippen molar-refractivity contribution in [2.75, 3.05) is 13.1 Å². The van der Waals surface area contributed by atoms with Crippen molar-refractivity contribution < 1.29 is 0 Å². The summed E-state index contributed by atoms with van der Waals surface area (Å²) in [6.45, 7) is 7.32. The second kappa shape index (κ2) is 4.42. The van der Waals surface area contributed by atoms with Crippen LogP contribution in [0.3, 0.4) is 0 Å². The number of nitrogens with two attached hydrogens (primary N) is 1. The maximum Gasteiger partial charge on any atom is 0.0181 e. The second-order valence-electron chi connectivity index (χ2n) is 6.00. The largest absolute Gasteiger partial charge is 0.328 e. The minimum Gasteiger partial charge on any atom is -0.328 e. The summed E-state index contributed by atoms with van der Waals surface area (Å²) >= 11 is 0. The van der Waals surface area contributed by atoms with Gasteiger partial charge in [-0.05, 0) is 51.4 Å². The Morgan fingerprint density at radius 1 is 1.07 bits per heavy atom. The van der Waals surface area contributed by atoms with Crippen molar-refractivity contribution >= 4 is 0 Å². The quantitative estimate of drug-likeness (QED) is 0.720. The third-order valence-corrected chi connectivity index (χ3v) is 4.65. The van der Waals surface area contributed by atoms with Crippen LogP contribution < -0.4 is 5.73 Å². The van der Waals surface area contributed by atoms with Crippen molar-refractivity contribution in [3.63, 3.8) is 0 Å². The predicted molar refractivity (Wildman–Crippen MR) is 64.8 cm³/mol. The highest BCUT2D eigenvalue weighted by Gasteiger charge is 2.36. The summed E-state index contributed by atoms with van der Waals surface area (Å²) in [6, 6.07) is 0.465. The zero-order valence-electron chi connectivity index (χ0n) is 10.3. The van der Waals surface area contributed by atoms with E-state index in [0.29, 0.717) is 11.6 Å². The molecule has 0 spiro atoms. The van der Waals surface area contributed by atoms with Crippen LogP contribution in [0, 0.1) is 5.92 Å². The Hall–Kier alpha value is -0.0800. The maximum absolute atomic E-state index is 5.97. The first kappa shape index (κ1) is 11.4. The molecule has 88 valence electrons. The number of nitrogens with zero attached hydrogens (tertiary/aromatic N) is 1. The molecule has 0 aromatic carbocycles. The van der Waals surface area contributed by atoms with E-state index in [0.717, 1.165) is 5.92 Å². The fraction of sp³-hybridized carbons (Fsp3) is 1.00. The molecule has 2 fully saturated rings. The molecule has 1 saturated carbocycles. The molecule has 1 aliphatic carbocycles. The summed E-state index contributed by atoms with van der Waals surface area (Å²) in [7, 11) is 0. The van der Waals surface area contributed by atoms with Crippen LogP contribution in [-0.4, -0.2) is 29.6 Å². The van der Waals surface area contributed by atoms with Gasteiger partial charge in [0.25, 0.3) is 0 Å². The zero-order valence-corrected chi connectivity index (χ0v) is 10.3. The lowest BCUT2D eigenvalue weighted by molar-refractivity contribution is 0.0335. The zero-order chi connectivity index (χ0) is 10.9. The van der Waals surface area contributed by atoms with E-state index in [1.807, 2.05) is 0 Å². The minimum atomic E-state index is 0.465. The van der Waals surface area contributed by atoms with Gasteiger partial charge in [-0.2, -0.15) is 0 Å². The fourth-order valence-corrected chi connectivity index (χ4v) is 3.14. The van der Waals surface area contributed by atoms with Crippen molar-refractivity contribution in [2.24, 2.45) is 11.7 Å². The summed E-state index contributed by atoms with van der Waals surface area (Å²) in [5.41, 5.74) is 6.46. The van der Waals surface area contributed by atoms with Crippen molar-refractivity contribution in [3.05, 3.63) is 0 Å². The van der Waals surface area contributed by atoms with Crippen LogP contribution in [0.2, 0.25) is 0 Å². The smallest absolute Gasteiger partial charge is 0.0181 e. The van der Waals surface area contributed by atoms with Gasteiger partial charge >= 0.3 is 0 Å². The van der Waals surface area contributed by atoms with Crippen LogP contribution >= 0.6 is 0 Å². The highest BCUT2D eigenvalue weighted by molar-refractivity contribution is 4.92. The van der Waals surface area contributed by atoms with Gasteiger partial charge in [0.15, 0.2) is 0 Å². The molecule has 0 atom stereocenters. The molecule has 0 radical (unpaired) electrons. The third-order valence-electron chi connectivity index (χ3n) is 4.65. The third kappa shape index (κ3) is 2.54. The summed E-state index contributed by atoms with van der Waals surface area (Å²) in [5, 5.41) is 0.